The number of carbonyl (C=O) groups is 1. The van der Waals surface area contributed by atoms with Crippen molar-refractivity contribution < 1.29 is 9.53 Å². The second-order valence-corrected chi connectivity index (χ2v) is 7.12. The van der Waals surface area contributed by atoms with Gasteiger partial charge in [0.25, 0.3) is 5.91 Å². The number of imidazole rings is 1. The number of nitrogens with one attached hydrogen (secondary N) is 1. The predicted octanol–water partition coefficient (Wildman–Crippen LogP) is 4.24. The molecule has 0 fully saturated rings. The maximum Gasteiger partial charge on any atom is 0.252 e. The summed E-state index contributed by atoms with van der Waals surface area (Å²) in [4.78, 5) is 22.0. The van der Waals surface area contributed by atoms with Gasteiger partial charge in [0.1, 0.15) is 5.75 Å². The van der Waals surface area contributed by atoms with Gasteiger partial charge in [0, 0.05) is 36.4 Å². The molecule has 0 saturated heterocycles. The maximum absolute atomic E-state index is 13.1. The van der Waals surface area contributed by atoms with Gasteiger partial charge in [-0.05, 0) is 49.2 Å². The van der Waals surface area contributed by atoms with E-state index in [-0.39, 0.29) is 5.91 Å². The number of pyridine rings is 1. The fraction of sp³-hybridized carbons (Fsp3) is 0.208. The smallest absolute Gasteiger partial charge is 0.252 e. The molecular weight excluding hydrogens is 376 g/mol. The second-order valence-electron chi connectivity index (χ2n) is 7.12. The van der Waals surface area contributed by atoms with Gasteiger partial charge < -0.3 is 14.6 Å². The Hall–Kier alpha value is -3.67. The number of aromatic nitrogens is 3. The molecule has 0 aliphatic heterocycles. The second kappa shape index (κ2) is 8.78. The minimum Gasteiger partial charge on any atom is -0.497 e. The van der Waals surface area contributed by atoms with Crippen LogP contribution in [0.2, 0.25) is 0 Å². The molecule has 0 bridgehead atoms. The first-order valence-corrected chi connectivity index (χ1v) is 9.95. The molecule has 4 aromatic rings. The number of methoxy groups -OCH3 is 1. The van der Waals surface area contributed by atoms with E-state index in [1.54, 1.807) is 19.6 Å². The highest BCUT2D eigenvalue weighted by molar-refractivity contribution is 6.08. The van der Waals surface area contributed by atoms with Crippen molar-refractivity contribution in [1.29, 1.82) is 0 Å². The van der Waals surface area contributed by atoms with Crippen LogP contribution in [0.25, 0.3) is 22.2 Å². The first kappa shape index (κ1) is 19.6. The van der Waals surface area contributed by atoms with Crippen molar-refractivity contribution in [1.82, 2.24) is 19.9 Å². The Morgan fingerprint density at radius 1 is 1.13 bits per heavy atom. The van der Waals surface area contributed by atoms with Gasteiger partial charge in [0.05, 0.1) is 30.2 Å². The van der Waals surface area contributed by atoms with Crippen LogP contribution in [-0.4, -0.2) is 34.1 Å². The van der Waals surface area contributed by atoms with Gasteiger partial charge in [0.15, 0.2) is 0 Å². The van der Waals surface area contributed by atoms with Crippen LogP contribution in [0, 0.1) is 6.92 Å². The molecule has 2 aromatic carbocycles. The van der Waals surface area contributed by atoms with Gasteiger partial charge >= 0.3 is 0 Å². The van der Waals surface area contributed by atoms with Crippen LogP contribution in [0.3, 0.4) is 0 Å². The number of hydrogen-bond donors (Lipinski definition) is 1. The molecule has 2 aromatic heterocycles. The van der Waals surface area contributed by atoms with Crippen molar-refractivity contribution in [3.05, 3.63) is 78.4 Å². The molecule has 0 saturated carbocycles. The maximum atomic E-state index is 13.1. The van der Waals surface area contributed by atoms with Gasteiger partial charge in [-0.3, -0.25) is 4.79 Å². The standard InChI is InChI=1S/C24H24N4O2/c1-17-22(24(29)26-12-5-14-28-15-13-25-16-28)20-6-3-4-7-21(20)27-23(17)18-8-10-19(30-2)11-9-18/h3-4,6-11,13,15-16H,5,12,14H2,1-2H3,(H,26,29). The van der Waals surface area contributed by atoms with Crippen molar-refractivity contribution in [2.75, 3.05) is 13.7 Å². The summed E-state index contributed by atoms with van der Waals surface area (Å²) >= 11 is 0. The van der Waals surface area contributed by atoms with E-state index in [1.165, 1.54) is 0 Å². The zero-order chi connectivity index (χ0) is 20.9. The first-order valence-electron chi connectivity index (χ1n) is 9.95. The SMILES string of the molecule is COc1ccc(-c2nc3ccccc3c(C(=O)NCCCn3ccnc3)c2C)cc1. The summed E-state index contributed by atoms with van der Waals surface area (Å²) in [5, 5.41) is 3.93. The van der Waals surface area contributed by atoms with Crippen LogP contribution in [0.4, 0.5) is 0 Å². The highest BCUT2D eigenvalue weighted by atomic mass is 16.5. The minimum absolute atomic E-state index is 0.0773. The van der Waals surface area contributed by atoms with E-state index in [9.17, 15) is 4.79 Å². The summed E-state index contributed by atoms with van der Waals surface area (Å²) in [6.45, 7) is 3.36. The number of hydrogen-bond acceptors (Lipinski definition) is 4. The number of rotatable bonds is 7. The lowest BCUT2D eigenvalue weighted by Gasteiger charge is -2.15. The van der Waals surface area contributed by atoms with Crippen LogP contribution < -0.4 is 10.1 Å². The van der Waals surface area contributed by atoms with E-state index in [0.29, 0.717) is 12.1 Å². The zero-order valence-corrected chi connectivity index (χ0v) is 17.1. The van der Waals surface area contributed by atoms with Crippen LogP contribution in [0.15, 0.2) is 67.3 Å². The number of para-hydroxylation sites is 1. The number of ether oxygens (including phenoxy) is 1. The molecule has 2 heterocycles. The van der Waals surface area contributed by atoms with E-state index >= 15 is 0 Å². The van der Waals surface area contributed by atoms with Crippen molar-refractivity contribution in [3.8, 4) is 17.0 Å². The molecule has 0 atom stereocenters. The molecule has 0 unspecified atom stereocenters. The number of aryl methyl sites for hydroxylation is 1. The van der Waals surface area contributed by atoms with Gasteiger partial charge in [0.2, 0.25) is 0 Å². The van der Waals surface area contributed by atoms with E-state index in [0.717, 1.165) is 46.4 Å². The molecule has 152 valence electrons. The average molecular weight is 400 g/mol. The van der Waals surface area contributed by atoms with Gasteiger partial charge in [-0.1, -0.05) is 18.2 Å². The summed E-state index contributed by atoms with van der Waals surface area (Å²) in [6, 6.07) is 15.5. The van der Waals surface area contributed by atoms with Crippen LogP contribution >= 0.6 is 0 Å². The number of amides is 1. The first-order chi connectivity index (χ1) is 14.7. The fourth-order valence-corrected chi connectivity index (χ4v) is 3.60. The Bertz CT molecular complexity index is 1150. The fourth-order valence-electron chi connectivity index (χ4n) is 3.60. The summed E-state index contributed by atoms with van der Waals surface area (Å²) in [7, 11) is 1.64. The van der Waals surface area contributed by atoms with Crippen molar-refractivity contribution in [3.63, 3.8) is 0 Å². The number of fused-ring (bicyclic) bond motifs is 1. The average Bonchev–Trinajstić information content (AvgIpc) is 3.30. The molecule has 6 nitrogen and oxygen atoms in total. The molecule has 0 aliphatic carbocycles. The Morgan fingerprint density at radius 3 is 2.67 bits per heavy atom. The van der Waals surface area contributed by atoms with Crippen molar-refractivity contribution in [2.45, 2.75) is 19.9 Å². The van der Waals surface area contributed by atoms with E-state index < -0.39 is 0 Å². The lowest BCUT2D eigenvalue weighted by molar-refractivity contribution is 0.0954. The Kier molecular flexibility index (Phi) is 5.75. The van der Waals surface area contributed by atoms with E-state index in [2.05, 4.69) is 10.3 Å². The monoisotopic (exact) mass is 400 g/mol. The topological polar surface area (TPSA) is 69.0 Å². The van der Waals surface area contributed by atoms with Gasteiger partial charge in [-0.15, -0.1) is 0 Å². The largest absolute Gasteiger partial charge is 0.497 e. The number of carbonyl (C=O) groups excluding carboxylic acids is 1. The number of benzene rings is 2. The van der Waals surface area contributed by atoms with Crippen molar-refractivity contribution >= 4 is 16.8 Å². The van der Waals surface area contributed by atoms with E-state index in [4.69, 9.17) is 9.72 Å². The summed E-state index contributed by atoms with van der Waals surface area (Å²) in [5.41, 5.74) is 4.10. The van der Waals surface area contributed by atoms with Gasteiger partial charge in [-0.25, -0.2) is 9.97 Å². The predicted molar refractivity (Wildman–Crippen MR) is 118 cm³/mol. The molecule has 0 spiro atoms. The van der Waals surface area contributed by atoms with Crippen LogP contribution in [0.1, 0.15) is 22.3 Å². The van der Waals surface area contributed by atoms with Crippen LogP contribution in [0.5, 0.6) is 5.75 Å². The Labute approximate surface area is 175 Å². The molecule has 0 radical (unpaired) electrons. The number of nitrogens with zero attached hydrogens (tertiary/aromatic N) is 3. The quantitative estimate of drug-likeness (QED) is 0.471. The highest BCUT2D eigenvalue weighted by Gasteiger charge is 2.18. The zero-order valence-electron chi connectivity index (χ0n) is 17.1. The molecule has 30 heavy (non-hydrogen) atoms. The normalized spacial score (nSPS) is 10.9. The summed E-state index contributed by atoms with van der Waals surface area (Å²) in [6.07, 6.45) is 6.29. The summed E-state index contributed by atoms with van der Waals surface area (Å²) in [5.74, 6) is 0.708. The lowest BCUT2D eigenvalue weighted by atomic mass is 9.97. The minimum atomic E-state index is -0.0773. The Morgan fingerprint density at radius 2 is 1.93 bits per heavy atom. The molecule has 0 aliphatic rings. The molecule has 4 rings (SSSR count). The van der Waals surface area contributed by atoms with Gasteiger partial charge in [-0.2, -0.15) is 0 Å². The highest BCUT2D eigenvalue weighted by Crippen LogP contribution is 2.30. The van der Waals surface area contributed by atoms with Crippen molar-refractivity contribution in [2.24, 2.45) is 0 Å². The van der Waals surface area contributed by atoms with E-state index in [1.807, 2.05) is 66.2 Å². The summed E-state index contributed by atoms with van der Waals surface area (Å²) < 4.78 is 7.26. The molecular formula is C24H24N4O2. The lowest BCUT2D eigenvalue weighted by Crippen LogP contribution is -2.26. The van der Waals surface area contributed by atoms with Crippen LogP contribution in [-0.2, 0) is 6.54 Å². The molecule has 6 heteroatoms. The third-order valence-corrected chi connectivity index (χ3v) is 5.16. The molecule has 1 amide bonds. The molecule has 1 N–H and O–H groups in total. The Balaban J connectivity index is 1.63. The third kappa shape index (κ3) is 4.03. The third-order valence-electron chi connectivity index (χ3n) is 5.16.